The largest absolute Gasteiger partial charge is 0.121 e. The van der Waals surface area contributed by atoms with Crippen molar-refractivity contribution in [1.29, 1.82) is 0 Å². The molecule has 0 saturated carbocycles. The standard InChI is InChI=1S/C46H30Si/c1-2-15-37(16-3-1)47-38-27-28-43-44(30-38)46(36-26-21-31-11-4-5-13-35(31)29-36)42-19-9-8-18-41(42)45(43)34-24-22-33(23-25-34)40-20-10-14-32-12-6-7-17-39(32)40/h1-30H. The number of hydrogen-bond donors (Lipinski definition) is 0. The third-order valence-corrected chi connectivity index (χ3v) is 10.6. The highest BCUT2D eigenvalue weighted by Gasteiger charge is 2.18. The predicted octanol–water partition coefficient (Wildman–Crippen LogP) is 11.0. The van der Waals surface area contributed by atoms with Crippen LogP contribution in [0.2, 0.25) is 0 Å². The molecule has 0 aliphatic carbocycles. The maximum absolute atomic E-state index is 2.45. The van der Waals surface area contributed by atoms with Gasteiger partial charge in [0.1, 0.15) is 9.52 Å². The monoisotopic (exact) mass is 610 g/mol. The van der Waals surface area contributed by atoms with Crippen LogP contribution in [0.3, 0.4) is 0 Å². The van der Waals surface area contributed by atoms with Crippen LogP contribution in [0.25, 0.3) is 76.5 Å². The third kappa shape index (κ3) is 4.93. The molecule has 0 spiro atoms. The van der Waals surface area contributed by atoms with Gasteiger partial charge in [0.25, 0.3) is 0 Å². The van der Waals surface area contributed by atoms with Gasteiger partial charge >= 0.3 is 0 Å². The second-order valence-electron chi connectivity index (χ2n) is 12.2. The Morgan fingerprint density at radius 3 is 1.64 bits per heavy atom. The van der Waals surface area contributed by atoms with Crippen LogP contribution < -0.4 is 10.4 Å². The molecule has 0 N–H and O–H groups in total. The number of fused-ring (bicyclic) bond motifs is 4. The van der Waals surface area contributed by atoms with Gasteiger partial charge < -0.3 is 0 Å². The van der Waals surface area contributed by atoms with Gasteiger partial charge in [-0.2, -0.15) is 0 Å². The van der Waals surface area contributed by atoms with E-state index >= 15 is 0 Å². The van der Waals surface area contributed by atoms with Gasteiger partial charge in [-0.3, -0.25) is 0 Å². The van der Waals surface area contributed by atoms with Crippen molar-refractivity contribution >= 4 is 63.0 Å². The summed E-state index contributed by atoms with van der Waals surface area (Å²) in [4.78, 5) is 0. The van der Waals surface area contributed by atoms with Crippen LogP contribution >= 0.6 is 0 Å². The Kier molecular flexibility index (Phi) is 6.77. The van der Waals surface area contributed by atoms with Crippen molar-refractivity contribution < 1.29 is 0 Å². The minimum Gasteiger partial charge on any atom is -0.0631 e. The molecular weight excluding hydrogens is 581 g/mol. The molecule has 0 aliphatic heterocycles. The second kappa shape index (κ2) is 11.5. The summed E-state index contributed by atoms with van der Waals surface area (Å²) in [5.74, 6) is 0. The molecule has 0 heterocycles. The molecule has 0 unspecified atom stereocenters. The third-order valence-electron chi connectivity index (χ3n) is 9.40. The van der Waals surface area contributed by atoms with E-state index in [1.54, 1.807) is 0 Å². The van der Waals surface area contributed by atoms with Crippen LogP contribution in [-0.2, 0) is 0 Å². The summed E-state index contributed by atoms with van der Waals surface area (Å²) >= 11 is 0. The topological polar surface area (TPSA) is 0 Å². The Bertz CT molecular complexity index is 2570. The van der Waals surface area contributed by atoms with Gasteiger partial charge in [-0.15, -0.1) is 0 Å². The summed E-state index contributed by atoms with van der Waals surface area (Å²) in [7, 11) is 0.593. The highest BCUT2D eigenvalue weighted by atomic mass is 28.2. The first kappa shape index (κ1) is 27.5. The van der Waals surface area contributed by atoms with Gasteiger partial charge in [0.2, 0.25) is 0 Å². The van der Waals surface area contributed by atoms with Crippen LogP contribution in [0.15, 0.2) is 182 Å². The van der Waals surface area contributed by atoms with Gasteiger partial charge in [0.05, 0.1) is 0 Å². The van der Waals surface area contributed by atoms with Crippen molar-refractivity contribution in [3.05, 3.63) is 182 Å². The molecule has 0 amide bonds. The molecule has 0 nitrogen and oxygen atoms in total. The van der Waals surface area contributed by atoms with E-state index in [0.29, 0.717) is 9.52 Å². The van der Waals surface area contributed by atoms with E-state index in [4.69, 9.17) is 0 Å². The van der Waals surface area contributed by atoms with E-state index in [2.05, 4.69) is 182 Å². The Hall–Kier alpha value is -5.76. The van der Waals surface area contributed by atoms with E-state index in [1.807, 2.05) is 0 Å². The Balaban J connectivity index is 1.28. The van der Waals surface area contributed by atoms with E-state index in [1.165, 1.54) is 86.8 Å². The Morgan fingerprint density at radius 1 is 0.277 bits per heavy atom. The van der Waals surface area contributed by atoms with Crippen LogP contribution in [-0.4, -0.2) is 9.52 Å². The average Bonchev–Trinajstić information content (AvgIpc) is 3.14. The maximum atomic E-state index is 2.45. The minimum absolute atomic E-state index is 0.593. The van der Waals surface area contributed by atoms with E-state index in [9.17, 15) is 0 Å². The number of hydrogen-bond acceptors (Lipinski definition) is 0. The van der Waals surface area contributed by atoms with Gasteiger partial charge in [0, 0.05) is 0 Å². The molecule has 0 fully saturated rings. The first-order chi connectivity index (χ1) is 23.3. The van der Waals surface area contributed by atoms with Crippen LogP contribution in [0, 0.1) is 0 Å². The fourth-order valence-corrected chi connectivity index (χ4v) is 8.28. The first-order valence-electron chi connectivity index (χ1n) is 16.2. The molecule has 9 rings (SSSR count). The summed E-state index contributed by atoms with van der Waals surface area (Å²) in [6, 6.07) is 67.0. The summed E-state index contributed by atoms with van der Waals surface area (Å²) in [5.41, 5.74) is 7.58. The molecule has 0 aliphatic rings. The maximum Gasteiger partial charge on any atom is 0.121 e. The summed E-state index contributed by atoms with van der Waals surface area (Å²) < 4.78 is 0. The zero-order chi connectivity index (χ0) is 31.2. The minimum atomic E-state index is 0.593. The van der Waals surface area contributed by atoms with Crippen LogP contribution in [0.4, 0.5) is 0 Å². The molecule has 47 heavy (non-hydrogen) atoms. The van der Waals surface area contributed by atoms with Gasteiger partial charge in [-0.1, -0.05) is 186 Å². The van der Waals surface area contributed by atoms with Gasteiger partial charge in [-0.05, 0) is 82.5 Å². The fourth-order valence-electron chi connectivity index (χ4n) is 7.20. The van der Waals surface area contributed by atoms with Crippen molar-refractivity contribution in [1.82, 2.24) is 0 Å². The summed E-state index contributed by atoms with van der Waals surface area (Å²) in [6.45, 7) is 0. The molecule has 0 aromatic heterocycles. The summed E-state index contributed by atoms with van der Waals surface area (Å²) in [6.07, 6.45) is 0. The smallest absolute Gasteiger partial charge is 0.0631 e. The molecule has 0 saturated heterocycles. The van der Waals surface area contributed by atoms with Gasteiger partial charge in [0.15, 0.2) is 0 Å². The Labute approximate surface area is 277 Å². The first-order valence-corrected chi connectivity index (χ1v) is 17.2. The van der Waals surface area contributed by atoms with Gasteiger partial charge in [-0.25, -0.2) is 0 Å². The molecule has 218 valence electrons. The molecule has 0 bridgehead atoms. The van der Waals surface area contributed by atoms with Crippen LogP contribution in [0.1, 0.15) is 0 Å². The lowest BCUT2D eigenvalue weighted by Crippen LogP contribution is -2.26. The lowest BCUT2D eigenvalue weighted by atomic mass is 9.85. The lowest BCUT2D eigenvalue weighted by molar-refractivity contribution is 1.63. The van der Waals surface area contributed by atoms with Crippen molar-refractivity contribution in [3.63, 3.8) is 0 Å². The van der Waals surface area contributed by atoms with Crippen molar-refractivity contribution in [2.75, 3.05) is 0 Å². The van der Waals surface area contributed by atoms with Crippen molar-refractivity contribution in [2.45, 2.75) is 0 Å². The van der Waals surface area contributed by atoms with Crippen molar-refractivity contribution in [2.24, 2.45) is 0 Å². The molecule has 0 atom stereocenters. The van der Waals surface area contributed by atoms with E-state index < -0.39 is 0 Å². The molecule has 9 aromatic rings. The Morgan fingerprint density at radius 2 is 0.851 bits per heavy atom. The average molecular weight is 611 g/mol. The molecule has 9 aromatic carbocycles. The van der Waals surface area contributed by atoms with E-state index in [0.717, 1.165) is 0 Å². The zero-order valence-electron chi connectivity index (χ0n) is 25.8. The molecular formula is C46H30Si. The highest BCUT2D eigenvalue weighted by Crippen LogP contribution is 2.44. The normalized spacial score (nSPS) is 11.5. The quantitative estimate of drug-likeness (QED) is 0.134. The SMILES string of the molecule is c1ccc([Si]c2ccc3c(-c4ccc(-c5cccc6ccccc56)cc4)c4ccccc4c(-c4ccc5ccccc5c4)c3c2)cc1. The second-order valence-corrected chi connectivity index (χ2v) is 13.6. The van der Waals surface area contributed by atoms with E-state index in [-0.39, 0.29) is 0 Å². The number of rotatable bonds is 5. The molecule has 2 radical (unpaired) electrons. The summed E-state index contributed by atoms with van der Waals surface area (Å²) in [5, 5.41) is 12.9. The zero-order valence-corrected chi connectivity index (χ0v) is 26.8. The predicted molar refractivity (Wildman–Crippen MR) is 204 cm³/mol. The fraction of sp³-hybridized carbons (Fsp3) is 0. The van der Waals surface area contributed by atoms with Crippen LogP contribution in [0.5, 0.6) is 0 Å². The molecule has 1 heteroatoms. The number of benzene rings is 9. The van der Waals surface area contributed by atoms with Crippen molar-refractivity contribution in [3.8, 4) is 33.4 Å². The highest BCUT2D eigenvalue weighted by molar-refractivity contribution is 6.67. The lowest BCUT2D eigenvalue weighted by Gasteiger charge is -2.19.